The number of hydrogen-bond donors (Lipinski definition) is 2. The van der Waals surface area contributed by atoms with Crippen molar-refractivity contribution >= 4 is 0 Å². The summed E-state index contributed by atoms with van der Waals surface area (Å²) in [5.41, 5.74) is 2.88. The maximum atomic E-state index is 9.62. The quantitative estimate of drug-likeness (QED) is 0.719. The summed E-state index contributed by atoms with van der Waals surface area (Å²) >= 11 is 0. The van der Waals surface area contributed by atoms with E-state index in [1.807, 2.05) is 13.8 Å². The van der Waals surface area contributed by atoms with Gasteiger partial charge in [0.25, 0.3) is 0 Å². The molecule has 81 valence electrons. The molecule has 1 aromatic carbocycles. The normalized spacial score (nSPS) is 11.0. The van der Waals surface area contributed by atoms with Crippen LogP contribution in [0.25, 0.3) is 0 Å². The van der Waals surface area contributed by atoms with Crippen LogP contribution in [0.2, 0.25) is 0 Å². The van der Waals surface area contributed by atoms with Crippen LogP contribution < -0.4 is 0 Å². The van der Waals surface area contributed by atoms with Crippen molar-refractivity contribution in [2.24, 2.45) is 0 Å². The van der Waals surface area contributed by atoms with Crippen LogP contribution in [-0.2, 0) is 38.1 Å². The second kappa shape index (κ2) is 4.84. The molecule has 0 aliphatic carbocycles. The van der Waals surface area contributed by atoms with Crippen molar-refractivity contribution in [2.45, 2.75) is 40.0 Å². The van der Waals surface area contributed by atoms with E-state index in [0.29, 0.717) is 0 Å². The van der Waals surface area contributed by atoms with Crippen molar-refractivity contribution in [3.8, 4) is 11.5 Å². The molecule has 0 amide bonds. The molecule has 0 bridgehead atoms. The van der Waals surface area contributed by atoms with Gasteiger partial charge in [0, 0.05) is 32.7 Å². The maximum Gasteiger partial charge on any atom is 0.160 e. The number of rotatable bonds is 0. The van der Waals surface area contributed by atoms with E-state index in [4.69, 9.17) is 0 Å². The van der Waals surface area contributed by atoms with E-state index in [9.17, 15) is 10.2 Å². The second-order valence-corrected chi connectivity index (χ2v) is 4.81. The molecule has 0 aliphatic rings. The molecule has 1 rings (SSSR count). The monoisotopic (exact) mass is 283 g/mol. The first kappa shape index (κ1) is 14.9. The topological polar surface area (TPSA) is 40.5 Å². The van der Waals surface area contributed by atoms with Crippen molar-refractivity contribution in [3.05, 3.63) is 22.8 Å². The number of aromatic hydroxyl groups is 2. The van der Waals surface area contributed by atoms with E-state index in [1.165, 1.54) is 0 Å². The van der Waals surface area contributed by atoms with Gasteiger partial charge in [-0.15, -0.1) is 0 Å². The summed E-state index contributed by atoms with van der Waals surface area (Å²) in [6, 6.07) is 1.61. The Hall–Kier alpha value is -0.0761. The molecule has 15 heavy (non-hydrogen) atoms. The fourth-order valence-electron chi connectivity index (χ4n) is 2.11. The predicted octanol–water partition coefficient (Wildman–Crippen LogP) is 3.01. The van der Waals surface area contributed by atoms with Crippen molar-refractivity contribution in [2.75, 3.05) is 0 Å². The molecule has 0 heterocycles. The molecule has 0 saturated heterocycles. The molecule has 0 aromatic heterocycles. The van der Waals surface area contributed by atoms with Crippen molar-refractivity contribution in [1.82, 2.24) is 0 Å². The van der Waals surface area contributed by atoms with Gasteiger partial charge >= 0.3 is 0 Å². The second-order valence-electron chi connectivity index (χ2n) is 4.81. The minimum absolute atomic E-state index is 0. The van der Waals surface area contributed by atoms with Gasteiger partial charge in [0.15, 0.2) is 11.5 Å². The zero-order chi connectivity index (χ0) is 11.1. The summed E-state index contributed by atoms with van der Waals surface area (Å²) in [5.74, 6) is -0.0338. The smallest absolute Gasteiger partial charge is 0.160 e. The van der Waals surface area contributed by atoms with Gasteiger partial charge in [0.1, 0.15) is 0 Å². The fourth-order valence-corrected chi connectivity index (χ4v) is 2.11. The Labute approximate surface area is 117 Å². The van der Waals surface area contributed by atoms with Crippen LogP contribution in [0.5, 0.6) is 11.5 Å². The van der Waals surface area contributed by atoms with Gasteiger partial charge in [0.05, 0.1) is 0 Å². The van der Waals surface area contributed by atoms with Crippen LogP contribution in [-0.4, -0.2) is 10.2 Å². The Morgan fingerprint density at radius 3 is 1.93 bits per heavy atom. The first-order chi connectivity index (χ1) is 6.25. The van der Waals surface area contributed by atoms with E-state index < -0.39 is 0 Å². The van der Waals surface area contributed by atoms with Gasteiger partial charge in [-0.2, -0.15) is 0 Å². The molecule has 2 nitrogen and oxygen atoms in total. The van der Waals surface area contributed by atoms with Crippen LogP contribution >= 0.6 is 0 Å². The first-order valence-electron chi connectivity index (χ1n) is 4.77. The molecule has 2 N–H and O–H groups in total. The zero-order valence-corrected chi connectivity index (χ0v) is 12.9. The molecule has 0 saturated carbocycles. The van der Waals surface area contributed by atoms with Crippen LogP contribution in [0, 0.1) is 13.8 Å². The Kier molecular flexibility index (Phi) is 4.81. The van der Waals surface area contributed by atoms with E-state index in [0.717, 1.165) is 16.7 Å². The van der Waals surface area contributed by atoms with Crippen molar-refractivity contribution < 1.29 is 42.9 Å². The predicted molar refractivity (Wildman–Crippen MR) is 57.9 cm³/mol. The van der Waals surface area contributed by atoms with E-state index in [2.05, 4.69) is 20.8 Å². The summed E-state index contributed by atoms with van der Waals surface area (Å²) in [5, 5.41) is 19.0. The van der Waals surface area contributed by atoms with Crippen LogP contribution in [0.4, 0.5) is 0 Å². The maximum absolute atomic E-state index is 9.62. The van der Waals surface area contributed by atoms with Crippen LogP contribution in [0.15, 0.2) is 6.07 Å². The SMILES string of the molecule is Cc1cc(O)c(O)c(C)c1C(C)(C)C.[Y]. The van der Waals surface area contributed by atoms with Crippen molar-refractivity contribution in [1.29, 1.82) is 0 Å². The van der Waals surface area contributed by atoms with Crippen LogP contribution in [0.3, 0.4) is 0 Å². The molecular weight excluding hydrogens is 265 g/mol. The summed E-state index contributed by atoms with van der Waals surface area (Å²) in [4.78, 5) is 0. The van der Waals surface area contributed by atoms with Gasteiger partial charge in [-0.25, -0.2) is 0 Å². The number of phenols is 2. The van der Waals surface area contributed by atoms with Gasteiger partial charge in [0.2, 0.25) is 0 Å². The van der Waals surface area contributed by atoms with Crippen molar-refractivity contribution in [3.63, 3.8) is 0 Å². The molecule has 0 unspecified atom stereocenters. The summed E-state index contributed by atoms with van der Waals surface area (Å²) in [6.07, 6.45) is 0. The summed E-state index contributed by atoms with van der Waals surface area (Å²) in [7, 11) is 0. The van der Waals surface area contributed by atoms with Gasteiger partial charge in [-0.05, 0) is 42.0 Å². The van der Waals surface area contributed by atoms with E-state index in [1.54, 1.807) is 6.07 Å². The average molecular weight is 283 g/mol. The minimum atomic E-state index is -0.0343. The Morgan fingerprint density at radius 1 is 1.07 bits per heavy atom. The molecule has 3 heteroatoms. The Morgan fingerprint density at radius 2 is 1.53 bits per heavy atom. The fraction of sp³-hybridized carbons (Fsp3) is 0.500. The molecule has 0 fully saturated rings. The number of aryl methyl sites for hydroxylation is 1. The number of benzene rings is 1. The summed E-state index contributed by atoms with van der Waals surface area (Å²) < 4.78 is 0. The zero-order valence-electron chi connectivity index (χ0n) is 10.0. The number of hydrogen-bond acceptors (Lipinski definition) is 2. The molecule has 0 spiro atoms. The van der Waals surface area contributed by atoms with Gasteiger partial charge < -0.3 is 10.2 Å². The molecule has 0 atom stereocenters. The standard InChI is InChI=1S/C12H18O2.Y/c1-7-6-9(13)11(14)8(2)10(7)12(3,4)5;/h6,13-14H,1-5H3;. The molecule has 1 aromatic rings. The Bertz CT molecular complexity index is 365. The Balaban J connectivity index is 0.00000196. The van der Waals surface area contributed by atoms with Crippen LogP contribution in [0.1, 0.15) is 37.5 Å². The summed E-state index contributed by atoms with van der Waals surface area (Å²) in [6.45, 7) is 10.1. The third-order valence-electron chi connectivity index (χ3n) is 2.47. The molecule has 1 radical (unpaired) electrons. The number of phenolic OH excluding ortho intramolecular Hbond substituents is 2. The first-order valence-corrected chi connectivity index (χ1v) is 4.77. The van der Waals surface area contributed by atoms with Gasteiger partial charge in [-0.3, -0.25) is 0 Å². The third kappa shape index (κ3) is 2.95. The molecular formula is C12H18O2Y. The van der Waals surface area contributed by atoms with Gasteiger partial charge in [-0.1, -0.05) is 20.8 Å². The minimum Gasteiger partial charge on any atom is -0.504 e. The van der Waals surface area contributed by atoms with E-state index in [-0.39, 0.29) is 49.6 Å². The van der Waals surface area contributed by atoms with E-state index >= 15 is 0 Å². The third-order valence-corrected chi connectivity index (χ3v) is 2.47. The average Bonchev–Trinajstić information content (AvgIpc) is 1.97. The molecule has 0 aliphatic heterocycles. The largest absolute Gasteiger partial charge is 0.504 e.